The minimum atomic E-state index is -0.124. The van der Waals surface area contributed by atoms with Crippen LogP contribution in [0.5, 0.6) is 0 Å². The summed E-state index contributed by atoms with van der Waals surface area (Å²) in [4.78, 5) is 2.61. The van der Waals surface area contributed by atoms with Gasteiger partial charge in [-0.3, -0.25) is 4.90 Å². The monoisotopic (exact) mass is 290 g/mol. The summed E-state index contributed by atoms with van der Waals surface area (Å²) in [6.07, 6.45) is 5.12. The summed E-state index contributed by atoms with van der Waals surface area (Å²) in [5.41, 5.74) is 1.33. The Morgan fingerprint density at radius 3 is 2.86 bits per heavy atom. The van der Waals surface area contributed by atoms with Gasteiger partial charge in [0.25, 0.3) is 0 Å². The fourth-order valence-corrected chi connectivity index (χ4v) is 3.75. The Hall–Kier alpha value is -0.930. The SMILES string of the molecule is CCCC1CN(Cc2cccc(F)c2)C(C)(C2CC2)CN1. The first-order chi connectivity index (χ1) is 10.1. The Kier molecular flexibility index (Phi) is 4.32. The molecule has 0 spiro atoms. The summed E-state index contributed by atoms with van der Waals surface area (Å²) in [5, 5.41) is 3.74. The average molecular weight is 290 g/mol. The highest BCUT2D eigenvalue weighted by molar-refractivity contribution is 5.18. The zero-order chi connectivity index (χ0) is 14.9. The van der Waals surface area contributed by atoms with Crippen LogP contribution < -0.4 is 5.32 Å². The van der Waals surface area contributed by atoms with E-state index in [-0.39, 0.29) is 11.4 Å². The van der Waals surface area contributed by atoms with Gasteiger partial charge in [-0.2, -0.15) is 0 Å². The van der Waals surface area contributed by atoms with E-state index in [9.17, 15) is 4.39 Å². The molecule has 0 aromatic heterocycles. The van der Waals surface area contributed by atoms with E-state index in [1.54, 1.807) is 6.07 Å². The Morgan fingerprint density at radius 2 is 2.19 bits per heavy atom. The maximum atomic E-state index is 13.5. The standard InChI is InChI=1S/C18H27FN2/c1-3-5-17-12-21(11-14-6-4-7-16(19)10-14)18(2,13-20-17)15-8-9-15/h4,6-7,10,15,17,20H,3,5,8-9,11-13H2,1-2H3. The summed E-state index contributed by atoms with van der Waals surface area (Å²) < 4.78 is 13.5. The molecule has 3 heteroatoms. The third-order valence-electron chi connectivity index (χ3n) is 5.27. The van der Waals surface area contributed by atoms with Crippen molar-refractivity contribution in [3.63, 3.8) is 0 Å². The van der Waals surface area contributed by atoms with Gasteiger partial charge in [-0.25, -0.2) is 4.39 Å². The zero-order valence-corrected chi connectivity index (χ0v) is 13.2. The second-order valence-corrected chi connectivity index (χ2v) is 7.01. The van der Waals surface area contributed by atoms with Crippen LogP contribution in [-0.4, -0.2) is 29.6 Å². The molecule has 2 atom stereocenters. The molecule has 3 rings (SSSR count). The highest BCUT2D eigenvalue weighted by Gasteiger charge is 2.47. The number of halogens is 1. The van der Waals surface area contributed by atoms with Crippen molar-refractivity contribution in [2.24, 2.45) is 5.92 Å². The zero-order valence-electron chi connectivity index (χ0n) is 13.2. The molecule has 2 fully saturated rings. The lowest BCUT2D eigenvalue weighted by molar-refractivity contribution is 0.0259. The Bertz CT molecular complexity index is 486. The van der Waals surface area contributed by atoms with Crippen molar-refractivity contribution < 1.29 is 4.39 Å². The van der Waals surface area contributed by atoms with E-state index in [2.05, 4.69) is 24.1 Å². The first-order valence-corrected chi connectivity index (χ1v) is 8.34. The number of rotatable bonds is 5. The van der Waals surface area contributed by atoms with Crippen LogP contribution in [0.2, 0.25) is 0 Å². The Labute approximate surface area is 127 Å². The summed E-state index contributed by atoms with van der Waals surface area (Å²) in [7, 11) is 0. The maximum absolute atomic E-state index is 13.5. The summed E-state index contributed by atoms with van der Waals surface area (Å²) in [5.74, 6) is 0.682. The summed E-state index contributed by atoms with van der Waals surface area (Å²) in [6, 6.07) is 7.67. The van der Waals surface area contributed by atoms with E-state index >= 15 is 0 Å². The number of hydrogen-bond donors (Lipinski definition) is 1. The van der Waals surface area contributed by atoms with Gasteiger partial charge in [-0.05, 0) is 49.8 Å². The second kappa shape index (κ2) is 6.05. The maximum Gasteiger partial charge on any atom is 0.123 e. The molecule has 116 valence electrons. The molecule has 0 amide bonds. The molecule has 2 aliphatic rings. The number of hydrogen-bond acceptors (Lipinski definition) is 2. The van der Waals surface area contributed by atoms with E-state index in [4.69, 9.17) is 0 Å². The van der Waals surface area contributed by atoms with Gasteiger partial charge in [0.05, 0.1) is 0 Å². The van der Waals surface area contributed by atoms with Crippen molar-refractivity contribution in [3.05, 3.63) is 35.6 Å². The lowest BCUT2D eigenvalue weighted by Gasteiger charge is -2.49. The van der Waals surface area contributed by atoms with Gasteiger partial charge in [0.15, 0.2) is 0 Å². The third-order valence-corrected chi connectivity index (χ3v) is 5.27. The van der Waals surface area contributed by atoms with Crippen LogP contribution >= 0.6 is 0 Å². The Balaban J connectivity index is 1.76. The molecule has 1 aliphatic carbocycles. The van der Waals surface area contributed by atoms with Gasteiger partial charge < -0.3 is 5.32 Å². The number of nitrogens with one attached hydrogen (secondary N) is 1. The number of piperazine rings is 1. The molecule has 1 N–H and O–H groups in total. The van der Waals surface area contributed by atoms with Crippen LogP contribution in [0.1, 0.15) is 45.1 Å². The van der Waals surface area contributed by atoms with Crippen molar-refractivity contribution >= 4 is 0 Å². The normalized spacial score (nSPS) is 30.5. The molecule has 2 nitrogen and oxygen atoms in total. The van der Waals surface area contributed by atoms with Gasteiger partial charge in [0.2, 0.25) is 0 Å². The molecule has 1 heterocycles. The van der Waals surface area contributed by atoms with Crippen LogP contribution in [0.4, 0.5) is 4.39 Å². The molecular formula is C18H27FN2. The predicted molar refractivity (Wildman–Crippen MR) is 84.6 cm³/mol. The molecular weight excluding hydrogens is 263 g/mol. The van der Waals surface area contributed by atoms with Gasteiger partial charge >= 0.3 is 0 Å². The largest absolute Gasteiger partial charge is 0.311 e. The highest BCUT2D eigenvalue weighted by Crippen LogP contribution is 2.44. The molecule has 1 aromatic carbocycles. The van der Waals surface area contributed by atoms with E-state index < -0.39 is 0 Å². The molecule has 1 aliphatic heterocycles. The molecule has 1 aromatic rings. The Morgan fingerprint density at radius 1 is 1.38 bits per heavy atom. The lowest BCUT2D eigenvalue weighted by Crippen LogP contribution is -2.63. The van der Waals surface area contributed by atoms with Crippen LogP contribution in [0.15, 0.2) is 24.3 Å². The fourth-order valence-electron chi connectivity index (χ4n) is 3.75. The van der Waals surface area contributed by atoms with E-state index in [0.717, 1.165) is 31.1 Å². The van der Waals surface area contributed by atoms with Crippen molar-refractivity contribution in [3.8, 4) is 0 Å². The van der Waals surface area contributed by atoms with Crippen LogP contribution in [0.25, 0.3) is 0 Å². The van der Waals surface area contributed by atoms with Gasteiger partial charge in [-0.1, -0.05) is 25.5 Å². The molecule has 21 heavy (non-hydrogen) atoms. The van der Waals surface area contributed by atoms with Gasteiger partial charge in [-0.15, -0.1) is 0 Å². The summed E-state index contributed by atoms with van der Waals surface area (Å²) in [6.45, 7) is 7.65. The molecule has 1 saturated carbocycles. The van der Waals surface area contributed by atoms with E-state index in [1.807, 2.05) is 12.1 Å². The van der Waals surface area contributed by atoms with Crippen LogP contribution in [-0.2, 0) is 6.54 Å². The fraction of sp³-hybridized carbons (Fsp3) is 0.667. The second-order valence-electron chi connectivity index (χ2n) is 7.01. The van der Waals surface area contributed by atoms with Gasteiger partial charge in [0.1, 0.15) is 5.82 Å². The summed E-state index contributed by atoms with van der Waals surface area (Å²) >= 11 is 0. The van der Waals surface area contributed by atoms with Gasteiger partial charge in [0, 0.05) is 31.2 Å². The van der Waals surface area contributed by atoms with Crippen molar-refractivity contribution in [2.75, 3.05) is 13.1 Å². The van der Waals surface area contributed by atoms with Crippen molar-refractivity contribution in [1.29, 1.82) is 0 Å². The quantitative estimate of drug-likeness (QED) is 0.892. The average Bonchev–Trinajstić information content (AvgIpc) is 3.28. The predicted octanol–water partition coefficient (Wildman–Crippen LogP) is 3.57. The smallest absolute Gasteiger partial charge is 0.123 e. The first kappa shape index (κ1) is 15.0. The lowest BCUT2D eigenvalue weighted by atomic mass is 9.88. The third kappa shape index (κ3) is 3.29. The van der Waals surface area contributed by atoms with Crippen molar-refractivity contribution in [1.82, 2.24) is 10.2 Å². The van der Waals surface area contributed by atoms with E-state index in [1.165, 1.54) is 31.7 Å². The topological polar surface area (TPSA) is 15.3 Å². The van der Waals surface area contributed by atoms with E-state index in [0.29, 0.717) is 6.04 Å². The minimum Gasteiger partial charge on any atom is -0.311 e. The highest BCUT2D eigenvalue weighted by atomic mass is 19.1. The van der Waals surface area contributed by atoms with Crippen LogP contribution in [0, 0.1) is 11.7 Å². The molecule has 2 unspecified atom stereocenters. The number of benzene rings is 1. The number of nitrogens with zero attached hydrogens (tertiary/aromatic N) is 1. The molecule has 0 radical (unpaired) electrons. The first-order valence-electron chi connectivity index (χ1n) is 8.34. The van der Waals surface area contributed by atoms with Crippen LogP contribution in [0.3, 0.4) is 0 Å². The molecule has 1 saturated heterocycles. The minimum absolute atomic E-state index is 0.124. The van der Waals surface area contributed by atoms with Crippen molar-refractivity contribution in [2.45, 2.75) is 57.7 Å². The molecule has 0 bridgehead atoms.